The number of rotatable bonds is 2. The van der Waals surface area contributed by atoms with E-state index in [9.17, 15) is 0 Å². The monoisotopic (exact) mass is 372 g/mol. The number of benzene rings is 2. The van der Waals surface area contributed by atoms with Gasteiger partial charge in [-0.3, -0.25) is 0 Å². The summed E-state index contributed by atoms with van der Waals surface area (Å²) >= 11 is 12.4. The fraction of sp³-hybridized carbons (Fsp3) is 0.263. The normalized spacial score (nSPS) is 15.4. The van der Waals surface area contributed by atoms with Gasteiger partial charge in [0.2, 0.25) is 0 Å². The van der Waals surface area contributed by atoms with Gasteiger partial charge in [-0.2, -0.15) is 5.10 Å². The van der Waals surface area contributed by atoms with E-state index < -0.39 is 0 Å². The van der Waals surface area contributed by atoms with Crippen molar-refractivity contribution in [3.63, 3.8) is 0 Å². The first-order valence-electron chi connectivity index (χ1n) is 8.38. The molecule has 4 rings (SSSR count). The Morgan fingerprint density at radius 1 is 0.880 bits per heavy atom. The van der Waals surface area contributed by atoms with Gasteiger partial charge in [-0.15, -0.1) is 5.10 Å². The van der Waals surface area contributed by atoms with Gasteiger partial charge in [0.15, 0.2) is 0 Å². The second-order valence-electron chi connectivity index (χ2n) is 6.17. The maximum atomic E-state index is 6.28. The molecule has 1 saturated heterocycles. The van der Waals surface area contributed by atoms with Gasteiger partial charge in [0.1, 0.15) is 5.52 Å². The predicted molar refractivity (Wildman–Crippen MR) is 105 cm³/mol. The number of nitrogens with zero attached hydrogens (tertiary/aromatic N) is 4. The second-order valence-corrected chi connectivity index (χ2v) is 7.02. The Morgan fingerprint density at radius 2 is 1.68 bits per heavy atom. The standard InChI is InChI=1S/C19H18Cl2N4/c20-14-4-1-5-15(12-14)24-8-3-9-25(11-10-24)18-13-22-23-19-16(18)6-2-7-17(19)21/h1-2,4-7,12-13H,3,8-11H2. The zero-order valence-electron chi connectivity index (χ0n) is 13.7. The average Bonchev–Trinajstić information content (AvgIpc) is 2.88. The highest BCUT2D eigenvalue weighted by molar-refractivity contribution is 6.35. The van der Waals surface area contributed by atoms with E-state index in [1.165, 1.54) is 5.69 Å². The molecule has 0 aliphatic carbocycles. The smallest absolute Gasteiger partial charge is 0.114 e. The molecule has 0 amide bonds. The summed E-state index contributed by atoms with van der Waals surface area (Å²) in [6, 6.07) is 13.9. The van der Waals surface area contributed by atoms with Gasteiger partial charge in [0.25, 0.3) is 0 Å². The minimum absolute atomic E-state index is 0.641. The second kappa shape index (κ2) is 7.06. The van der Waals surface area contributed by atoms with Crippen LogP contribution in [0.2, 0.25) is 10.0 Å². The summed E-state index contributed by atoms with van der Waals surface area (Å²) in [5, 5.41) is 10.8. The molecule has 4 nitrogen and oxygen atoms in total. The summed E-state index contributed by atoms with van der Waals surface area (Å²) in [6.07, 6.45) is 2.91. The molecule has 1 aromatic heterocycles. The lowest BCUT2D eigenvalue weighted by Gasteiger charge is -2.25. The maximum absolute atomic E-state index is 6.28. The van der Waals surface area contributed by atoms with E-state index in [-0.39, 0.29) is 0 Å². The van der Waals surface area contributed by atoms with Crippen LogP contribution >= 0.6 is 23.2 Å². The van der Waals surface area contributed by atoms with Gasteiger partial charge in [0, 0.05) is 42.3 Å². The fourth-order valence-corrected chi connectivity index (χ4v) is 3.77. The number of hydrogen-bond acceptors (Lipinski definition) is 4. The first kappa shape index (κ1) is 16.4. The van der Waals surface area contributed by atoms with Crippen LogP contribution in [0, 0.1) is 0 Å². The SMILES string of the molecule is Clc1cccc(N2CCCN(c3cnnc4c(Cl)cccc34)CC2)c1. The Hall–Kier alpha value is -2.04. The predicted octanol–water partition coefficient (Wildman–Crippen LogP) is 4.65. The molecule has 0 saturated carbocycles. The number of fused-ring (bicyclic) bond motifs is 1. The van der Waals surface area contributed by atoms with Crippen LogP contribution in [0.15, 0.2) is 48.7 Å². The van der Waals surface area contributed by atoms with Gasteiger partial charge in [-0.05, 0) is 30.7 Å². The molecule has 0 unspecified atom stereocenters. The van der Waals surface area contributed by atoms with Crippen LogP contribution in [0.5, 0.6) is 0 Å². The van der Waals surface area contributed by atoms with Crippen LogP contribution in [0.4, 0.5) is 11.4 Å². The molecule has 6 heteroatoms. The van der Waals surface area contributed by atoms with Gasteiger partial charge < -0.3 is 9.80 Å². The molecule has 1 aliphatic heterocycles. The van der Waals surface area contributed by atoms with E-state index in [1.54, 1.807) is 0 Å². The lowest BCUT2D eigenvalue weighted by atomic mass is 10.2. The van der Waals surface area contributed by atoms with Crippen LogP contribution in [0.1, 0.15) is 6.42 Å². The molecule has 128 valence electrons. The van der Waals surface area contributed by atoms with Crippen molar-refractivity contribution in [3.8, 4) is 0 Å². The summed E-state index contributed by atoms with van der Waals surface area (Å²) in [4.78, 5) is 4.76. The summed E-state index contributed by atoms with van der Waals surface area (Å²) in [5.41, 5.74) is 3.04. The number of anilines is 2. The van der Waals surface area contributed by atoms with Crippen molar-refractivity contribution in [2.24, 2.45) is 0 Å². The first-order chi connectivity index (χ1) is 12.2. The third-order valence-electron chi connectivity index (χ3n) is 4.61. The van der Waals surface area contributed by atoms with Crippen LogP contribution in [-0.2, 0) is 0 Å². The molecule has 0 bridgehead atoms. The van der Waals surface area contributed by atoms with Crippen molar-refractivity contribution in [2.45, 2.75) is 6.42 Å². The van der Waals surface area contributed by atoms with Crippen molar-refractivity contribution in [1.29, 1.82) is 0 Å². The van der Waals surface area contributed by atoms with Crippen molar-refractivity contribution < 1.29 is 0 Å². The molecule has 1 aliphatic rings. The van der Waals surface area contributed by atoms with E-state index in [4.69, 9.17) is 23.2 Å². The van der Waals surface area contributed by atoms with Crippen molar-refractivity contribution in [1.82, 2.24) is 10.2 Å². The van der Waals surface area contributed by atoms with Crippen LogP contribution in [0.25, 0.3) is 10.9 Å². The minimum atomic E-state index is 0.641. The molecule has 3 aromatic rings. The van der Waals surface area contributed by atoms with E-state index in [2.05, 4.69) is 32.1 Å². The maximum Gasteiger partial charge on any atom is 0.114 e. The summed E-state index contributed by atoms with van der Waals surface area (Å²) in [6.45, 7) is 3.84. The number of aromatic nitrogens is 2. The average molecular weight is 373 g/mol. The largest absolute Gasteiger partial charge is 0.370 e. The van der Waals surface area contributed by atoms with Gasteiger partial charge in [-0.25, -0.2) is 0 Å². The molecule has 25 heavy (non-hydrogen) atoms. The lowest BCUT2D eigenvalue weighted by Crippen LogP contribution is -2.30. The first-order valence-corrected chi connectivity index (χ1v) is 9.13. The highest BCUT2D eigenvalue weighted by Gasteiger charge is 2.18. The molecule has 0 spiro atoms. The molecule has 2 aromatic carbocycles. The zero-order valence-corrected chi connectivity index (χ0v) is 15.2. The van der Waals surface area contributed by atoms with Crippen molar-refractivity contribution >= 4 is 45.5 Å². The van der Waals surface area contributed by atoms with E-state index >= 15 is 0 Å². The highest BCUT2D eigenvalue weighted by Crippen LogP contribution is 2.30. The third kappa shape index (κ3) is 3.37. The fourth-order valence-electron chi connectivity index (χ4n) is 3.38. The molecule has 0 N–H and O–H groups in total. The Balaban J connectivity index is 1.60. The highest BCUT2D eigenvalue weighted by atomic mass is 35.5. The van der Waals surface area contributed by atoms with Crippen LogP contribution < -0.4 is 9.80 Å². The Bertz CT molecular complexity index is 899. The Morgan fingerprint density at radius 3 is 2.56 bits per heavy atom. The Labute approximate surface area is 157 Å². The molecular formula is C19H18Cl2N4. The van der Waals surface area contributed by atoms with Crippen LogP contribution in [0.3, 0.4) is 0 Å². The summed E-state index contributed by atoms with van der Waals surface area (Å²) in [7, 11) is 0. The topological polar surface area (TPSA) is 32.3 Å². The van der Waals surface area contributed by atoms with Gasteiger partial charge >= 0.3 is 0 Å². The third-order valence-corrected chi connectivity index (χ3v) is 5.15. The van der Waals surface area contributed by atoms with Gasteiger partial charge in [0.05, 0.1) is 16.9 Å². The molecule has 2 heterocycles. The molecule has 0 atom stereocenters. The minimum Gasteiger partial charge on any atom is -0.370 e. The summed E-state index contributed by atoms with van der Waals surface area (Å²) < 4.78 is 0. The number of hydrogen-bond donors (Lipinski definition) is 0. The molecular weight excluding hydrogens is 355 g/mol. The van der Waals surface area contributed by atoms with Crippen LogP contribution in [-0.4, -0.2) is 36.4 Å². The van der Waals surface area contributed by atoms with E-state index in [0.717, 1.165) is 54.2 Å². The Kier molecular flexibility index (Phi) is 4.64. The quantitative estimate of drug-likeness (QED) is 0.654. The summed E-state index contributed by atoms with van der Waals surface area (Å²) in [5.74, 6) is 0. The van der Waals surface area contributed by atoms with Crippen molar-refractivity contribution in [3.05, 3.63) is 58.7 Å². The molecule has 1 fully saturated rings. The van der Waals surface area contributed by atoms with E-state index in [0.29, 0.717) is 5.02 Å². The van der Waals surface area contributed by atoms with E-state index in [1.807, 2.05) is 36.5 Å². The lowest BCUT2D eigenvalue weighted by molar-refractivity contribution is 0.805. The van der Waals surface area contributed by atoms with Crippen molar-refractivity contribution in [2.75, 3.05) is 36.0 Å². The molecule has 0 radical (unpaired) electrons. The zero-order chi connectivity index (χ0) is 17.2. The number of halogens is 2. The van der Waals surface area contributed by atoms with Gasteiger partial charge in [-0.1, -0.05) is 41.4 Å².